The second-order valence-corrected chi connectivity index (χ2v) is 7.77. The molecule has 0 radical (unpaired) electrons. The van der Waals surface area contributed by atoms with E-state index in [0.717, 1.165) is 42.3 Å². The lowest BCUT2D eigenvalue weighted by atomic mass is 10.0. The summed E-state index contributed by atoms with van der Waals surface area (Å²) < 4.78 is 7.13. The smallest absolute Gasteiger partial charge is 0.340 e. The average Bonchev–Trinajstić information content (AvgIpc) is 3.27. The Hall–Kier alpha value is -2.93. The number of rotatable bonds is 3. The van der Waals surface area contributed by atoms with Crippen LogP contribution >= 0.6 is 11.3 Å². The van der Waals surface area contributed by atoms with Crippen molar-refractivity contribution < 1.29 is 9.53 Å². The van der Waals surface area contributed by atoms with Gasteiger partial charge in [-0.25, -0.2) is 9.78 Å². The van der Waals surface area contributed by atoms with Crippen molar-refractivity contribution in [2.45, 2.75) is 32.3 Å². The highest BCUT2D eigenvalue weighted by Crippen LogP contribution is 2.28. The third-order valence-corrected chi connectivity index (χ3v) is 6.12. The highest BCUT2D eigenvalue weighted by Gasteiger charge is 2.19. The third kappa shape index (κ3) is 2.75. The van der Waals surface area contributed by atoms with Crippen LogP contribution in [0.2, 0.25) is 0 Å². The van der Waals surface area contributed by atoms with Crippen LogP contribution in [0.25, 0.3) is 15.9 Å². The molecule has 0 amide bonds. The van der Waals surface area contributed by atoms with Gasteiger partial charge in [0.05, 0.1) is 11.3 Å². The summed E-state index contributed by atoms with van der Waals surface area (Å²) >= 11 is 1.57. The van der Waals surface area contributed by atoms with Crippen LogP contribution in [0.15, 0.2) is 41.3 Å². The molecule has 0 saturated heterocycles. The van der Waals surface area contributed by atoms with Gasteiger partial charge in [0.25, 0.3) is 5.56 Å². The molecule has 1 aliphatic rings. The summed E-state index contributed by atoms with van der Waals surface area (Å²) in [6.07, 6.45) is 5.84. The Balaban J connectivity index is 1.41. The Bertz CT molecular complexity index is 1230. The van der Waals surface area contributed by atoms with Gasteiger partial charge in [0.1, 0.15) is 6.61 Å². The van der Waals surface area contributed by atoms with Crippen LogP contribution in [0.3, 0.4) is 0 Å². The summed E-state index contributed by atoms with van der Waals surface area (Å²) in [4.78, 5) is 34.6. The lowest BCUT2D eigenvalue weighted by Gasteiger charge is -2.10. The summed E-state index contributed by atoms with van der Waals surface area (Å²) in [5.41, 5.74) is 2.84. The summed E-state index contributed by atoms with van der Waals surface area (Å²) in [5.74, 6) is -0.431. The Morgan fingerprint density at radius 3 is 3.04 bits per heavy atom. The number of carbonyl (C=O) groups is 1. The Morgan fingerprint density at radius 2 is 2.11 bits per heavy atom. The molecule has 5 rings (SSSR count). The van der Waals surface area contributed by atoms with E-state index in [4.69, 9.17) is 4.74 Å². The van der Waals surface area contributed by atoms with Gasteiger partial charge in [-0.3, -0.25) is 9.20 Å². The number of aryl methyl sites for hydroxylation is 2. The number of esters is 1. The first-order valence-electron chi connectivity index (χ1n) is 8.97. The minimum atomic E-state index is -0.431. The van der Waals surface area contributed by atoms with E-state index in [9.17, 15) is 9.59 Å². The fourth-order valence-electron chi connectivity index (χ4n) is 3.67. The van der Waals surface area contributed by atoms with Crippen LogP contribution in [0.5, 0.6) is 0 Å². The quantitative estimate of drug-likeness (QED) is 0.553. The number of para-hydroxylation sites is 1. The van der Waals surface area contributed by atoms with Gasteiger partial charge < -0.3 is 9.72 Å². The molecule has 0 bridgehead atoms. The molecule has 27 heavy (non-hydrogen) atoms. The van der Waals surface area contributed by atoms with E-state index in [1.165, 1.54) is 10.9 Å². The topological polar surface area (TPSA) is 76.5 Å². The number of ether oxygens (including phenoxy) is 1. The number of fused-ring (bicyclic) bond motifs is 4. The third-order valence-electron chi connectivity index (χ3n) is 4.98. The Kier molecular flexibility index (Phi) is 3.82. The molecule has 1 N–H and O–H groups in total. The maximum atomic E-state index is 12.6. The maximum Gasteiger partial charge on any atom is 0.340 e. The van der Waals surface area contributed by atoms with E-state index in [-0.39, 0.29) is 12.2 Å². The van der Waals surface area contributed by atoms with Crippen LogP contribution < -0.4 is 5.56 Å². The van der Waals surface area contributed by atoms with Crippen LogP contribution in [0.1, 0.15) is 39.5 Å². The predicted octanol–water partition coefficient (Wildman–Crippen LogP) is 3.47. The van der Waals surface area contributed by atoms with Crippen molar-refractivity contribution in [3.05, 3.63) is 68.7 Å². The lowest BCUT2D eigenvalue weighted by Crippen LogP contribution is -2.18. The fraction of sp³-hybridized carbons (Fsp3) is 0.250. The van der Waals surface area contributed by atoms with Gasteiger partial charge >= 0.3 is 5.97 Å². The molecule has 1 aromatic carbocycles. The highest BCUT2D eigenvalue weighted by atomic mass is 32.1. The van der Waals surface area contributed by atoms with E-state index in [1.54, 1.807) is 21.9 Å². The molecular weight excluding hydrogens is 362 g/mol. The van der Waals surface area contributed by atoms with E-state index < -0.39 is 5.97 Å². The summed E-state index contributed by atoms with van der Waals surface area (Å²) in [6.45, 7) is -0.0212. The largest absolute Gasteiger partial charge is 0.456 e. The lowest BCUT2D eigenvalue weighted by molar-refractivity contribution is 0.0470. The predicted molar refractivity (Wildman–Crippen MR) is 103 cm³/mol. The fourth-order valence-corrected chi connectivity index (χ4v) is 4.91. The van der Waals surface area contributed by atoms with Crippen molar-refractivity contribution in [3.63, 3.8) is 0 Å². The minimum absolute atomic E-state index is 0.0212. The number of carbonyl (C=O) groups excluding carboxylic acids is 1. The Labute approximate surface area is 158 Å². The SMILES string of the molecule is O=C(OCc1cc(=O)n2c3c(sc2n1)CCCC3)c1c[nH]c2ccccc12. The molecular formula is C20H17N3O3S. The number of nitrogens with zero attached hydrogens (tertiary/aromatic N) is 2. The molecule has 3 aromatic heterocycles. The monoisotopic (exact) mass is 379 g/mol. The molecule has 136 valence electrons. The minimum Gasteiger partial charge on any atom is -0.456 e. The van der Waals surface area contributed by atoms with Crippen molar-refractivity contribution in [3.8, 4) is 0 Å². The molecule has 4 aromatic rings. The standard InChI is InChI=1S/C20H17N3O3S/c24-18-9-12(22-20-23(18)16-7-3-4-8-17(16)27-20)11-26-19(25)14-10-21-15-6-2-1-5-13(14)15/h1-2,5-6,9-10,21H,3-4,7-8,11H2. The first kappa shape index (κ1) is 16.3. The number of benzene rings is 1. The summed E-state index contributed by atoms with van der Waals surface area (Å²) in [7, 11) is 0. The number of nitrogens with one attached hydrogen (secondary N) is 1. The van der Waals surface area contributed by atoms with Crippen molar-refractivity contribution in [1.82, 2.24) is 14.4 Å². The van der Waals surface area contributed by atoms with E-state index in [0.29, 0.717) is 16.2 Å². The number of H-pyrrole nitrogens is 1. The van der Waals surface area contributed by atoms with Gasteiger partial charge in [0.2, 0.25) is 0 Å². The van der Waals surface area contributed by atoms with E-state index >= 15 is 0 Å². The van der Waals surface area contributed by atoms with Gasteiger partial charge in [0.15, 0.2) is 4.96 Å². The van der Waals surface area contributed by atoms with E-state index in [1.807, 2.05) is 24.3 Å². The zero-order valence-electron chi connectivity index (χ0n) is 14.5. The zero-order chi connectivity index (χ0) is 18.4. The van der Waals surface area contributed by atoms with Crippen molar-refractivity contribution in [1.29, 1.82) is 0 Å². The zero-order valence-corrected chi connectivity index (χ0v) is 15.3. The average molecular weight is 379 g/mol. The first-order valence-corrected chi connectivity index (χ1v) is 9.79. The first-order chi connectivity index (χ1) is 13.2. The number of hydrogen-bond acceptors (Lipinski definition) is 5. The van der Waals surface area contributed by atoms with Crippen LogP contribution in [0, 0.1) is 0 Å². The van der Waals surface area contributed by atoms with Gasteiger partial charge in [0, 0.05) is 33.7 Å². The molecule has 0 aliphatic heterocycles. The van der Waals surface area contributed by atoms with Gasteiger partial charge in [-0.1, -0.05) is 18.2 Å². The van der Waals surface area contributed by atoms with Gasteiger partial charge in [-0.15, -0.1) is 11.3 Å². The van der Waals surface area contributed by atoms with Crippen LogP contribution in [-0.4, -0.2) is 20.3 Å². The van der Waals surface area contributed by atoms with Gasteiger partial charge in [-0.2, -0.15) is 0 Å². The van der Waals surface area contributed by atoms with Crippen molar-refractivity contribution in [2.24, 2.45) is 0 Å². The Morgan fingerprint density at radius 1 is 1.26 bits per heavy atom. The van der Waals surface area contributed by atoms with Crippen molar-refractivity contribution >= 4 is 33.2 Å². The number of thiazole rings is 1. The highest BCUT2D eigenvalue weighted by molar-refractivity contribution is 7.17. The normalized spacial score (nSPS) is 13.8. The molecule has 0 spiro atoms. The summed E-state index contributed by atoms with van der Waals surface area (Å²) in [5, 5.41) is 0.817. The molecule has 7 heteroatoms. The van der Waals surface area contributed by atoms with Gasteiger partial charge in [-0.05, 0) is 31.7 Å². The molecule has 1 aliphatic carbocycles. The van der Waals surface area contributed by atoms with Crippen molar-refractivity contribution in [2.75, 3.05) is 0 Å². The molecule has 3 heterocycles. The maximum absolute atomic E-state index is 12.6. The summed E-state index contributed by atoms with van der Waals surface area (Å²) in [6, 6.07) is 9.02. The second-order valence-electron chi connectivity index (χ2n) is 6.71. The molecule has 6 nitrogen and oxygen atoms in total. The van der Waals surface area contributed by atoms with Crippen LogP contribution in [0.4, 0.5) is 0 Å². The molecule has 0 unspecified atom stereocenters. The molecule has 0 saturated carbocycles. The number of aromatic amines is 1. The number of hydrogen-bond donors (Lipinski definition) is 1. The molecule has 0 fully saturated rings. The second kappa shape index (κ2) is 6.35. The van der Waals surface area contributed by atoms with E-state index in [2.05, 4.69) is 9.97 Å². The number of aromatic nitrogens is 3. The van der Waals surface area contributed by atoms with Crippen LogP contribution in [-0.2, 0) is 24.2 Å². The molecule has 0 atom stereocenters.